The quantitative estimate of drug-likeness (QED) is 0.700. The number of hydrogen-bond donors (Lipinski definition) is 1. The monoisotopic (exact) mass is 410 g/mol. The molecule has 0 aliphatic carbocycles. The van der Waals surface area contributed by atoms with Crippen molar-refractivity contribution in [3.8, 4) is 0 Å². The van der Waals surface area contributed by atoms with Crippen LogP contribution in [-0.4, -0.2) is 20.4 Å². The van der Waals surface area contributed by atoms with Gasteiger partial charge in [-0.25, -0.2) is 12.8 Å². The summed E-state index contributed by atoms with van der Waals surface area (Å²) < 4.78 is 40.7. The van der Waals surface area contributed by atoms with Crippen molar-refractivity contribution in [3.63, 3.8) is 0 Å². The van der Waals surface area contributed by atoms with Crippen molar-refractivity contribution < 1.29 is 17.6 Å². The second-order valence-corrected chi connectivity index (χ2v) is 8.79. The lowest BCUT2D eigenvalue weighted by Gasteiger charge is -2.24. The molecule has 5 nitrogen and oxygen atoms in total. The smallest absolute Gasteiger partial charge is 0.264 e. The highest BCUT2D eigenvalue weighted by Gasteiger charge is 2.36. The molecule has 0 saturated heterocycles. The highest BCUT2D eigenvalue weighted by atomic mass is 32.2. The van der Waals surface area contributed by atoms with Crippen molar-refractivity contribution in [1.82, 2.24) is 0 Å². The van der Waals surface area contributed by atoms with Gasteiger partial charge in [-0.1, -0.05) is 18.2 Å². The Kier molecular flexibility index (Phi) is 4.84. The minimum absolute atomic E-state index is 0.234. The summed E-state index contributed by atoms with van der Waals surface area (Å²) in [5.41, 5.74) is 2.28. The van der Waals surface area contributed by atoms with Crippen molar-refractivity contribution in [1.29, 1.82) is 0 Å². The molecule has 0 spiro atoms. The Morgan fingerprint density at radius 2 is 1.72 bits per heavy atom. The zero-order valence-corrected chi connectivity index (χ0v) is 16.5. The largest absolute Gasteiger partial charge is 0.322 e. The molecular weight excluding hydrogens is 391 g/mol. The third-order valence-corrected chi connectivity index (χ3v) is 6.84. The molecule has 148 valence electrons. The number of fused-ring (bicyclic) bond motifs is 1. The van der Waals surface area contributed by atoms with E-state index in [9.17, 15) is 17.6 Å². The maximum Gasteiger partial charge on any atom is 0.264 e. The molecule has 1 heterocycles. The van der Waals surface area contributed by atoms with Gasteiger partial charge in [0.15, 0.2) is 0 Å². The average molecular weight is 410 g/mol. The summed E-state index contributed by atoms with van der Waals surface area (Å²) in [6, 6.07) is 18.5. The van der Waals surface area contributed by atoms with Gasteiger partial charge in [-0.3, -0.25) is 9.10 Å². The number of rotatable bonds is 4. The van der Waals surface area contributed by atoms with Gasteiger partial charge in [-0.15, -0.1) is 0 Å². The van der Waals surface area contributed by atoms with E-state index in [2.05, 4.69) is 5.32 Å². The zero-order chi connectivity index (χ0) is 20.6. The van der Waals surface area contributed by atoms with Crippen LogP contribution in [0, 0.1) is 5.82 Å². The number of sulfonamides is 1. The van der Waals surface area contributed by atoms with E-state index in [0.717, 1.165) is 5.56 Å². The van der Waals surface area contributed by atoms with Crippen LogP contribution in [0.2, 0.25) is 0 Å². The number of nitrogens with one attached hydrogen (secondary N) is 1. The lowest BCUT2D eigenvalue weighted by Crippen LogP contribution is -2.35. The van der Waals surface area contributed by atoms with Gasteiger partial charge in [-0.2, -0.15) is 0 Å². The molecule has 0 radical (unpaired) electrons. The van der Waals surface area contributed by atoms with Gasteiger partial charge < -0.3 is 5.32 Å². The van der Waals surface area contributed by atoms with Gasteiger partial charge in [0.2, 0.25) is 0 Å². The van der Waals surface area contributed by atoms with Crippen LogP contribution in [0.4, 0.5) is 15.8 Å². The number of anilines is 2. The molecule has 7 heteroatoms. The molecule has 0 fully saturated rings. The van der Waals surface area contributed by atoms with Crippen LogP contribution in [0.3, 0.4) is 0 Å². The summed E-state index contributed by atoms with van der Waals surface area (Å²) in [4.78, 5) is 12.8. The molecule has 0 bridgehead atoms. The summed E-state index contributed by atoms with van der Waals surface area (Å²) >= 11 is 0. The summed E-state index contributed by atoms with van der Waals surface area (Å²) in [5, 5.41) is 2.72. The molecule has 1 atom stereocenters. The van der Waals surface area contributed by atoms with Gasteiger partial charge in [0.25, 0.3) is 15.9 Å². The van der Waals surface area contributed by atoms with Crippen LogP contribution in [0.15, 0.2) is 77.7 Å². The van der Waals surface area contributed by atoms with E-state index in [1.165, 1.54) is 28.6 Å². The Morgan fingerprint density at radius 1 is 1.03 bits per heavy atom. The molecule has 1 N–H and O–H groups in total. The SMILES string of the molecule is C[C@H]1Cc2cc(C(=O)Nc3ccc(F)cc3)ccc2N1S(=O)(=O)c1ccccc1. The van der Waals surface area contributed by atoms with Gasteiger partial charge in [-0.05, 0) is 73.5 Å². The third-order valence-electron chi connectivity index (χ3n) is 4.90. The summed E-state index contributed by atoms with van der Waals surface area (Å²) in [5.74, 6) is -0.717. The third kappa shape index (κ3) is 3.61. The van der Waals surface area contributed by atoms with Crippen molar-refractivity contribution >= 4 is 27.3 Å². The van der Waals surface area contributed by atoms with Crippen molar-refractivity contribution in [2.24, 2.45) is 0 Å². The second-order valence-electron chi connectivity index (χ2n) is 6.97. The molecule has 1 amide bonds. The van der Waals surface area contributed by atoms with Crippen LogP contribution in [0.1, 0.15) is 22.8 Å². The van der Waals surface area contributed by atoms with E-state index >= 15 is 0 Å². The number of nitrogens with zero attached hydrogens (tertiary/aromatic N) is 1. The molecular formula is C22H19FN2O3S. The van der Waals surface area contributed by atoms with E-state index < -0.39 is 10.0 Å². The van der Waals surface area contributed by atoms with Crippen LogP contribution < -0.4 is 9.62 Å². The van der Waals surface area contributed by atoms with E-state index in [1.54, 1.807) is 48.5 Å². The predicted molar refractivity (Wildman–Crippen MR) is 110 cm³/mol. The summed E-state index contributed by atoms with van der Waals surface area (Å²) in [6.45, 7) is 1.85. The standard InChI is InChI=1S/C22H19FN2O3S/c1-15-13-17-14-16(22(26)24-19-10-8-18(23)9-11-19)7-12-21(17)25(15)29(27,28)20-5-3-2-4-6-20/h2-12,14-15H,13H2,1H3,(H,24,26)/t15-/m0/s1. The summed E-state index contributed by atoms with van der Waals surface area (Å²) in [6.07, 6.45) is 0.513. The Bertz CT molecular complexity index is 1160. The number of halogens is 1. The summed E-state index contributed by atoms with van der Waals surface area (Å²) in [7, 11) is -3.69. The lowest BCUT2D eigenvalue weighted by molar-refractivity contribution is 0.102. The minimum atomic E-state index is -3.69. The molecule has 1 aliphatic rings. The molecule has 4 rings (SSSR count). The van der Waals surface area contributed by atoms with Crippen molar-refractivity contribution in [3.05, 3.63) is 89.7 Å². The van der Waals surface area contributed by atoms with E-state index in [1.807, 2.05) is 6.92 Å². The predicted octanol–water partition coefficient (Wildman–Crippen LogP) is 4.22. The number of carbonyl (C=O) groups is 1. The lowest BCUT2D eigenvalue weighted by atomic mass is 10.1. The number of benzene rings is 3. The van der Waals surface area contributed by atoms with Gasteiger partial charge in [0, 0.05) is 17.3 Å². The van der Waals surface area contributed by atoms with Gasteiger partial charge in [0.1, 0.15) is 5.82 Å². The second kappa shape index (κ2) is 7.33. The molecule has 3 aromatic carbocycles. The maximum atomic E-state index is 13.1. The number of amides is 1. The first-order valence-corrected chi connectivity index (χ1v) is 10.6. The first-order chi connectivity index (χ1) is 13.9. The molecule has 0 aromatic heterocycles. The van der Waals surface area contributed by atoms with Crippen LogP contribution in [-0.2, 0) is 16.4 Å². The van der Waals surface area contributed by atoms with Crippen LogP contribution in [0.5, 0.6) is 0 Å². The highest BCUT2D eigenvalue weighted by molar-refractivity contribution is 7.92. The normalized spacial score (nSPS) is 15.8. The fourth-order valence-corrected chi connectivity index (χ4v) is 5.27. The molecule has 0 unspecified atom stereocenters. The fourth-order valence-electron chi connectivity index (χ4n) is 3.55. The fraction of sp³-hybridized carbons (Fsp3) is 0.136. The van der Waals surface area contributed by atoms with E-state index in [4.69, 9.17) is 0 Å². The average Bonchev–Trinajstić information content (AvgIpc) is 3.06. The molecule has 29 heavy (non-hydrogen) atoms. The number of hydrogen-bond acceptors (Lipinski definition) is 3. The zero-order valence-electron chi connectivity index (χ0n) is 15.7. The first kappa shape index (κ1) is 19.1. The highest BCUT2D eigenvalue weighted by Crippen LogP contribution is 2.37. The van der Waals surface area contributed by atoms with E-state index in [-0.39, 0.29) is 22.7 Å². The maximum absolute atomic E-state index is 13.1. The molecule has 1 aliphatic heterocycles. The van der Waals surface area contributed by atoms with Gasteiger partial charge in [0.05, 0.1) is 10.6 Å². The van der Waals surface area contributed by atoms with Crippen molar-refractivity contribution in [2.45, 2.75) is 24.3 Å². The Hall–Kier alpha value is -3.19. The Balaban J connectivity index is 1.62. The van der Waals surface area contributed by atoms with Crippen LogP contribution >= 0.6 is 0 Å². The Labute approximate surface area is 168 Å². The Morgan fingerprint density at radius 3 is 2.41 bits per heavy atom. The number of carbonyl (C=O) groups excluding carboxylic acids is 1. The first-order valence-electron chi connectivity index (χ1n) is 9.15. The van der Waals surface area contributed by atoms with Crippen LogP contribution in [0.25, 0.3) is 0 Å². The topological polar surface area (TPSA) is 66.5 Å². The molecule has 3 aromatic rings. The molecule has 0 saturated carbocycles. The van der Waals surface area contributed by atoms with E-state index in [0.29, 0.717) is 23.4 Å². The van der Waals surface area contributed by atoms with Gasteiger partial charge >= 0.3 is 0 Å². The van der Waals surface area contributed by atoms with Crippen molar-refractivity contribution in [2.75, 3.05) is 9.62 Å². The minimum Gasteiger partial charge on any atom is -0.322 e.